The molecule has 0 aliphatic rings. The van der Waals surface area contributed by atoms with E-state index in [9.17, 15) is 4.79 Å². The maximum atomic E-state index is 12.4. The molecule has 1 unspecified atom stereocenters. The third kappa shape index (κ3) is 2.26. The smallest absolute Gasteiger partial charge is 0.256 e. The molecular formula is C15H20N2O. The Morgan fingerprint density at radius 2 is 2.11 bits per heavy atom. The number of nitrogens with zero attached hydrogens (tertiary/aromatic N) is 1. The first-order valence-corrected chi connectivity index (χ1v) is 6.48. The van der Waals surface area contributed by atoms with Crippen LogP contribution in [0, 0.1) is 0 Å². The Labute approximate surface area is 108 Å². The van der Waals surface area contributed by atoms with Crippen LogP contribution in [-0.2, 0) is 0 Å². The Morgan fingerprint density at radius 3 is 2.83 bits per heavy atom. The van der Waals surface area contributed by atoms with Gasteiger partial charge in [-0.15, -0.1) is 0 Å². The zero-order valence-corrected chi connectivity index (χ0v) is 11.2. The highest BCUT2D eigenvalue weighted by Crippen LogP contribution is 2.20. The van der Waals surface area contributed by atoms with Crippen molar-refractivity contribution in [3.63, 3.8) is 0 Å². The first-order valence-electron chi connectivity index (χ1n) is 6.48. The zero-order valence-electron chi connectivity index (χ0n) is 11.2. The summed E-state index contributed by atoms with van der Waals surface area (Å²) in [6, 6.07) is 8.17. The van der Waals surface area contributed by atoms with Gasteiger partial charge in [0, 0.05) is 30.2 Å². The number of rotatable bonds is 4. The summed E-state index contributed by atoms with van der Waals surface area (Å²) in [5.74, 6) is 0.0911. The van der Waals surface area contributed by atoms with Gasteiger partial charge in [0.25, 0.3) is 5.91 Å². The van der Waals surface area contributed by atoms with Crippen molar-refractivity contribution < 1.29 is 4.79 Å². The van der Waals surface area contributed by atoms with Crippen molar-refractivity contribution >= 4 is 16.8 Å². The number of amides is 1. The van der Waals surface area contributed by atoms with E-state index in [4.69, 9.17) is 0 Å². The standard InChI is InChI=1S/C15H20N2O/c1-4-7-11(2)17(3)15(18)13-10-16-14-9-6-5-8-12(13)14/h5-6,8-11,16H,4,7H2,1-3H3. The third-order valence-corrected chi connectivity index (χ3v) is 3.51. The quantitative estimate of drug-likeness (QED) is 0.878. The highest BCUT2D eigenvalue weighted by atomic mass is 16.2. The van der Waals surface area contributed by atoms with E-state index < -0.39 is 0 Å². The average Bonchev–Trinajstić information content (AvgIpc) is 2.81. The van der Waals surface area contributed by atoms with Gasteiger partial charge in [0.1, 0.15) is 0 Å². The van der Waals surface area contributed by atoms with Crippen LogP contribution in [0.4, 0.5) is 0 Å². The SMILES string of the molecule is CCCC(C)N(C)C(=O)c1c[nH]c2ccccc12. The molecule has 1 amide bonds. The van der Waals surface area contributed by atoms with Crippen molar-refractivity contribution in [1.82, 2.24) is 9.88 Å². The molecule has 18 heavy (non-hydrogen) atoms. The monoisotopic (exact) mass is 244 g/mol. The molecule has 0 saturated carbocycles. The number of aromatic amines is 1. The molecule has 0 bridgehead atoms. The number of aromatic nitrogens is 1. The van der Waals surface area contributed by atoms with E-state index >= 15 is 0 Å². The zero-order chi connectivity index (χ0) is 13.1. The summed E-state index contributed by atoms with van der Waals surface area (Å²) in [4.78, 5) is 17.4. The minimum atomic E-state index is 0.0911. The number of carbonyl (C=O) groups is 1. The molecule has 0 aliphatic heterocycles. The summed E-state index contributed by atoms with van der Waals surface area (Å²) >= 11 is 0. The molecule has 1 aromatic heterocycles. The summed E-state index contributed by atoms with van der Waals surface area (Å²) in [5, 5.41) is 0.998. The van der Waals surface area contributed by atoms with Crippen LogP contribution >= 0.6 is 0 Å². The first-order chi connectivity index (χ1) is 8.65. The summed E-state index contributed by atoms with van der Waals surface area (Å²) in [6.45, 7) is 4.23. The van der Waals surface area contributed by atoms with E-state index in [-0.39, 0.29) is 11.9 Å². The van der Waals surface area contributed by atoms with Crippen LogP contribution in [0.15, 0.2) is 30.5 Å². The van der Waals surface area contributed by atoms with Gasteiger partial charge < -0.3 is 9.88 Å². The number of nitrogens with one attached hydrogen (secondary N) is 1. The lowest BCUT2D eigenvalue weighted by Crippen LogP contribution is -2.34. The molecule has 1 aromatic carbocycles. The maximum absolute atomic E-state index is 12.4. The van der Waals surface area contributed by atoms with Crippen molar-refractivity contribution in [2.75, 3.05) is 7.05 Å². The Hall–Kier alpha value is -1.77. The van der Waals surface area contributed by atoms with Gasteiger partial charge in [-0.2, -0.15) is 0 Å². The van der Waals surface area contributed by atoms with Gasteiger partial charge in [0.05, 0.1) is 5.56 Å². The molecule has 0 saturated heterocycles. The molecule has 96 valence electrons. The van der Waals surface area contributed by atoms with E-state index in [0.29, 0.717) is 0 Å². The number of carbonyl (C=O) groups excluding carboxylic acids is 1. The van der Waals surface area contributed by atoms with Crippen LogP contribution < -0.4 is 0 Å². The van der Waals surface area contributed by atoms with E-state index in [1.807, 2.05) is 42.4 Å². The number of para-hydroxylation sites is 1. The van der Waals surface area contributed by atoms with Crippen LogP contribution in [0.3, 0.4) is 0 Å². The number of hydrogen-bond acceptors (Lipinski definition) is 1. The van der Waals surface area contributed by atoms with Crippen molar-refractivity contribution in [2.45, 2.75) is 32.7 Å². The van der Waals surface area contributed by atoms with E-state index in [0.717, 1.165) is 29.3 Å². The van der Waals surface area contributed by atoms with E-state index in [2.05, 4.69) is 18.8 Å². The predicted molar refractivity (Wildman–Crippen MR) is 74.8 cm³/mol. The molecule has 3 nitrogen and oxygen atoms in total. The number of hydrogen-bond donors (Lipinski definition) is 1. The molecule has 2 rings (SSSR count). The normalized spacial score (nSPS) is 12.6. The third-order valence-electron chi connectivity index (χ3n) is 3.51. The summed E-state index contributed by atoms with van der Waals surface area (Å²) < 4.78 is 0. The fraction of sp³-hybridized carbons (Fsp3) is 0.400. The second-order valence-corrected chi connectivity index (χ2v) is 4.80. The molecular weight excluding hydrogens is 224 g/mol. The fourth-order valence-corrected chi connectivity index (χ4v) is 2.25. The Kier molecular flexibility index (Phi) is 3.70. The maximum Gasteiger partial charge on any atom is 0.256 e. The summed E-state index contributed by atoms with van der Waals surface area (Å²) in [7, 11) is 1.88. The highest BCUT2D eigenvalue weighted by molar-refractivity contribution is 6.06. The van der Waals surface area contributed by atoms with Crippen molar-refractivity contribution in [3.05, 3.63) is 36.0 Å². The van der Waals surface area contributed by atoms with Gasteiger partial charge in [-0.3, -0.25) is 4.79 Å². The van der Waals surface area contributed by atoms with Crippen molar-refractivity contribution in [2.24, 2.45) is 0 Å². The van der Waals surface area contributed by atoms with Crippen molar-refractivity contribution in [3.8, 4) is 0 Å². The number of benzene rings is 1. The fourth-order valence-electron chi connectivity index (χ4n) is 2.25. The van der Waals surface area contributed by atoms with Crippen LogP contribution in [0.2, 0.25) is 0 Å². The highest BCUT2D eigenvalue weighted by Gasteiger charge is 2.19. The lowest BCUT2D eigenvalue weighted by Gasteiger charge is -2.24. The lowest BCUT2D eigenvalue weighted by atomic mass is 10.1. The second kappa shape index (κ2) is 5.25. The molecule has 0 spiro atoms. The Morgan fingerprint density at radius 1 is 1.39 bits per heavy atom. The summed E-state index contributed by atoms with van der Waals surface area (Å²) in [5.41, 5.74) is 1.77. The van der Waals surface area contributed by atoms with Gasteiger partial charge in [-0.25, -0.2) is 0 Å². The Balaban J connectivity index is 2.28. The number of fused-ring (bicyclic) bond motifs is 1. The lowest BCUT2D eigenvalue weighted by molar-refractivity contribution is 0.0739. The van der Waals surface area contributed by atoms with Crippen LogP contribution in [0.1, 0.15) is 37.0 Å². The van der Waals surface area contributed by atoms with Crippen molar-refractivity contribution in [1.29, 1.82) is 0 Å². The molecule has 1 atom stereocenters. The van der Waals surface area contributed by atoms with Gasteiger partial charge in [0.2, 0.25) is 0 Å². The van der Waals surface area contributed by atoms with Gasteiger partial charge in [-0.05, 0) is 19.4 Å². The first kappa shape index (κ1) is 12.7. The Bertz CT molecular complexity index is 544. The second-order valence-electron chi connectivity index (χ2n) is 4.80. The van der Waals surface area contributed by atoms with Gasteiger partial charge >= 0.3 is 0 Å². The molecule has 0 aliphatic carbocycles. The minimum absolute atomic E-state index is 0.0911. The molecule has 3 heteroatoms. The average molecular weight is 244 g/mol. The van der Waals surface area contributed by atoms with Crippen LogP contribution in [0.5, 0.6) is 0 Å². The molecule has 1 N–H and O–H groups in total. The molecule has 2 aromatic rings. The van der Waals surface area contributed by atoms with Gasteiger partial charge in [0.15, 0.2) is 0 Å². The molecule has 0 fully saturated rings. The minimum Gasteiger partial charge on any atom is -0.360 e. The van der Waals surface area contributed by atoms with E-state index in [1.165, 1.54) is 0 Å². The molecule has 0 radical (unpaired) electrons. The van der Waals surface area contributed by atoms with E-state index in [1.54, 1.807) is 0 Å². The predicted octanol–water partition coefficient (Wildman–Crippen LogP) is 3.43. The van der Waals surface area contributed by atoms with Crippen LogP contribution in [0.25, 0.3) is 10.9 Å². The topological polar surface area (TPSA) is 36.1 Å². The van der Waals surface area contributed by atoms with Gasteiger partial charge in [-0.1, -0.05) is 31.5 Å². The van der Waals surface area contributed by atoms with Crippen LogP contribution in [-0.4, -0.2) is 28.9 Å². The number of H-pyrrole nitrogens is 1. The summed E-state index contributed by atoms with van der Waals surface area (Å²) in [6.07, 6.45) is 3.93. The largest absolute Gasteiger partial charge is 0.360 e. The molecule has 1 heterocycles.